The molecule has 0 unspecified atom stereocenters. The van der Waals surface area contributed by atoms with E-state index >= 15 is 0 Å². The van der Waals surface area contributed by atoms with Crippen LogP contribution in [0.15, 0.2) is 36.4 Å². The molecule has 0 atom stereocenters. The summed E-state index contributed by atoms with van der Waals surface area (Å²) >= 11 is 0. The fourth-order valence-corrected chi connectivity index (χ4v) is 0.769. The predicted molar refractivity (Wildman–Crippen MR) is 40.1 cm³/mol. The molecule has 0 saturated heterocycles. The van der Waals surface area contributed by atoms with Crippen molar-refractivity contribution in [3.63, 3.8) is 0 Å². The molecule has 0 bridgehead atoms. The topological polar surface area (TPSA) is 23.1 Å². The molecule has 0 spiro atoms. The molecular weight excluding hydrogens is 124 g/mol. The summed E-state index contributed by atoms with van der Waals surface area (Å²) in [5, 5.41) is 11.0. The van der Waals surface area contributed by atoms with Gasteiger partial charge in [0, 0.05) is 0 Å². The Kier molecular flexibility index (Phi) is 2.11. The molecule has 1 heteroatoms. The maximum Gasteiger partial charge on any atom is -0.0339 e. The Hall–Kier alpha value is -1.24. The number of allylic oxidation sites excluding steroid dienone is 1. The van der Waals surface area contributed by atoms with Crippen LogP contribution in [0, 0.1) is 0 Å². The lowest BCUT2D eigenvalue weighted by molar-refractivity contribution is -0.244. The molecule has 52 valence electrons. The van der Waals surface area contributed by atoms with Crippen molar-refractivity contribution in [2.45, 2.75) is 6.92 Å². The zero-order chi connectivity index (χ0) is 7.40. The van der Waals surface area contributed by atoms with Crippen LogP contribution in [-0.2, 0) is 0 Å². The number of rotatable bonds is 1. The molecule has 0 radical (unpaired) electrons. The number of hydrogen-bond acceptors (Lipinski definition) is 1. The molecule has 0 N–H and O–H groups in total. The van der Waals surface area contributed by atoms with Gasteiger partial charge in [0.2, 0.25) is 0 Å². The second-order valence-electron chi connectivity index (χ2n) is 2.02. The third-order valence-corrected chi connectivity index (χ3v) is 1.32. The second kappa shape index (κ2) is 3.06. The minimum atomic E-state index is 0.0839. The molecule has 0 aliphatic carbocycles. The van der Waals surface area contributed by atoms with Crippen molar-refractivity contribution in [2.24, 2.45) is 0 Å². The maximum absolute atomic E-state index is 11.0. The van der Waals surface area contributed by atoms with Crippen LogP contribution in [0.1, 0.15) is 12.5 Å². The molecule has 0 aliphatic heterocycles. The van der Waals surface area contributed by atoms with Crippen LogP contribution >= 0.6 is 0 Å². The quantitative estimate of drug-likeness (QED) is 0.531. The minimum Gasteiger partial charge on any atom is -0.872 e. The van der Waals surface area contributed by atoms with Crippen molar-refractivity contribution in [3.8, 4) is 0 Å². The van der Waals surface area contributed by atoms with E-state index in [1.807, 2.05) is 30.3 Å². The van der Waals surface area contributed by atoms with E-state index in [2.05, 4.69) is 0 Å². The van der Waals surface area contributed by atoms with Crippen LogP contribution in [0.3, 0.4) is 0 Å². The lowest BCUT2D eigenvalue weighted by Crippen LogP contribution is -2.00. The fraction of sp³-hybridized carbons (Fsp3) is 0.111. The molecule has 0 aromatic heterocycles. The van der Waals surface area contributed by atoms with E-state index in [1.165, 1.54) is 0 Å². The van der Waals surface area contributed by atoms with Crippen molar-refractivity contribution < 1.29 is 5.11 Å². The highest BCUT2D eigenvalue weighted by Crippen LogP contribution is 2.05. The van der Waals surface area contributed by atoms with E-state index in [-0.39, 0.29) is 5.76 Å². The van der Waals surface area contributed by atoms with Gasteiger partial charge < -0.3 is 5.11 Å². The summed E-state index contributed by atoms with van der Waals surface area (Å²) in [4.78, 5) is 0. The summed E-state index contributed by atoms with van der Waals surface area (Å²) in [6.45, 7) is 1.75. The van der Waals surface area contributed by atoms with E-state index in [9.17, 15) is 5.11 Å². The number of hydrogen-bond donors (Lipinski definition) is 0. The van der Waals surface area contributed by atoms with Gasteiger partial charge in [-0.25, -0.2) is 0 Å². The van der Waals surface area contributed by atoms with E-state index in [1.54, 1.807) is 13.0 Å². The monoisotopic (exact) mass is 133 g/mol. The summed E-state index contributed by atoms with van der Waals surface area (Å²) < 4.78 is 0. The molecule has 1 rings (SSSR count). The van der Waals surface area contributed by atoms with Crippen molar-refractivity contribution in [1.29, 1.82) is 0 Å². The summed E-state index contributed by atoms with van der Waals surface area (Å²) in [7, 11) is 0. The molecule has 10 heavy (non-hydrogen) atoms. The summed E-state index contributed by atoms with van der Waals surface area (Å²) in [5.74, 6) is 0.0839. The van der Waals surface area contributed by atoms with Crippen LogP contribution in [-0.4, -0.2) is 0 Å². The van der Waals surface area contributed by atoms with Crippen molar-refractivity contribution >= 4 is 5.76 Å². The SMILES string of the molecule is C/C=C(\[O-])c1ccccc1. The first kappa shape index (κ1) is 6.87. The molecule has 1 aromatic carbocycles. The van der Waals surface area contributed by atoms with Crippen molar-refractivity contribution in [2.75, 3.05) is 0 Å². The Morgan fingerprint density at radius 1 is 1.30 bits per heavy atom. The van der Waals surface area contributed by atoms with Gasteiger partial charge in [0.15, 0.2) is 0 Å². The summed E-state index contributed by atoms with van der Waals surface area (Å²) in [6, 6.07) is 9.23. The van der Waals surface area contributed by atoms with Crippen LogP contribution < -0.4 is 5.11 Å². The van der Waals surface area contributed by atoms with Crippen LogP contribution in [0.25, 0.3) is 5.76 Å². The lowest BCUT2D eigenvalue weighted by atomic mass is 10.2. The maximum atomic E-state index is 11.0. The zero-order valence-corrected chi connectivity index (χ0v) is 5.87. The predicted octanol–water partition coefficient (Wildman–Crippen LogP) is 1.41. The van der Waals surface area contributed by atoms with Gasteiger partial charge in [-0.15, -0.1) is 5.76 Å². The van der Waals surface area contributed by atoms with Gasteiger partial charge in [-0.3, -0.25) is 0 Å². The molecule has 0 heterocycles. The summed E-state index contributed by atoms with van der Waals surface area (Å²) in [5.41, 5.74) is 0.755. The first-order valence-electron chi connectivity index (χ1n) is 3.23. The normalized spacial score (nSPS) is 11.5. The van der Waals surface area contributed by atoms with E-state index in [0.717, 1.165) is 5.56 Å². The molecule has 0 aliphatic rings. The van der Waals surface area contributed by atoms with Gasteiger partial charge in [0.1, 0.15) is 0 Å². The lowest BCUT2D eigenvalue weighted by Gasteiger charge is -2.09. The van der Waals surface area contributed by atoms with Gasteiger partial charge >= 0.3 is 0 Å². The Balaban J connectivity index is 2.96. The smallest absolute Gasteiger partial charge is 0.0339 e. The average Bonchev–Trinajstić information content (AvgIpc) is 2.05. The first-order valence-corrected chi connectivity index (χ1v) is 3.23. The Morgan fingerprint density at radius 3 is 2.40 bits per heavy atom. The van der Waals surface area contributed by atoms with Gasteiger partial charge in [-0.05, 0) is 12.5 Å². The molecule has 1 aromatic rings. The molecule has 0 fully saturated rings. The van der Waals surface area contributed by atoms with Crippen LogP contribution in [0.2, 0.25) is 0 Å². The number of benzene rings is 1. The van der Waals surface area contributed by atoms with Gasteiger partial charge in [-0.1, -0.05) is 36.4 Å². The fourth-order valence-electron chi connectivity index (χ4n) is 0.769. The molecule has 0 saturated carbocycles. The highest BCUT2D eigenvalue weighted by molar-refractivity contribution is 5.55. The zero-order valence-electron chi connectivity index (χ0n) is 5.87. The highest BCUT2D eigenvalue weighted by Gasteiger charge is 1.83. The molecular formula is C9H9O-. The van der Waals surface area contributed by atoms with E-state index in [0.29, 0.717) is 0 Å². The average molecular weight is 133 g/mol. The van der Waals surface area contributed by atoms with Gasteiger partial charge in [0.05, 0.1) is 0 Å². The van der Waals surface area contributed by atoms with Crippen LogP contribution in [0.5, 0.6) is 0 Å². The van der Waals surface area contributed by atoms with Crippen molar-refractivity contribution in [1.82, 2.24) is 0 Å². The Morgan fingerprint density at radius 2 is 1.90 bits per heavy atom. The van der Waals surface area contributed by atoms with E-state index in [4.69, 9.17) is 0 Å². The third-order valence-electron chi connectivity index (χ3n) is 1.32. The third kappa shape index (κ3) is 1.38. The van der Waals surface area contributed by atoms with E-state index < -0.39 is 0 Å². The minimum absolute atomic E-state index is 0.0839. The molecule has 0 amide bonds. The van der Waals surface area contributed by atoms with Crippen molar-refractivity contribution in [3.05, 3.63) is 42.0 Å². The first-order chi connectivity index (χ1) is 4.84. The summed E-state index contributed by atoms with van der Waals surface area (Å²) in [6.07, 6.45) is 1.56. The Labute approximate surface area is 60.6 Å². The highest BCUT2D eigenvalue weighted by atomic mass is 16.3. The van der Waals surface area contributed by atoms with Gasteiger partial charge in [0.25, 0.3) is 0 Å². The second-order valence-corrected chi connectivity index (χ2v) is 2.02. The van der Waals surface area contributed by atoms with Gasteiger partial charge in [-0.2, -0.15) is 0 Å². The van der Waals surface area contributed by atoms with Crippen LogP contribution in [0.4, 0.5) is 0 Å². The standard InChI is InChI=1S/C9H10O/c1-2-9(10)8-6-4-3-5-7-8/h2-7,10H,1H3/p-1/b9-2-. The Bertz CT molecular complexity index is 224. The molecule has 1 nitrogen and oxygen atoms in total. The largest absolute Gasteiger partial charge is 0.872 e.